The zero-order valence-electron chi connectivity index (χ0n) is 9.62. The van der Waals surface area contributed by atoms with E-state index in [9.17, 15) is 4.79 Å². The van der Waals surface area contributed by atoms with Gasteiger partial charge in [-0.2, -0.15) is 0 Å². The summed E-state index contributed by atoms with van der Waals surface area (Å²) in [6, 6.07) is 5.86. The minimum Gasteiger partial charge on any atom is -0.345 e. The third-order valence-electron chi connectivity index (χ3n) is 2.91. The Kier molecular flexibility index (Phi) is 3.06. The highest BCUT2D eigenvalue weighted by Crippen LogP contribution is 2.23. The summed E-state index contributed by atoms with van der Waals surface area (Å²) in [6.07, 6.45) is 3.14. The summed E-state index contributed by atoms with van der Waals surface area (Å²) in [5.74, 6) is 0.0549. The third kappa shape index (κ3) is 2.00. The van der Waals surface area contributed by atoms with E-state index in [2.05, 4.69) is 0 Å². The Morgan fingerprint density at radius 3 is 2.75 bits per heavy atom. The summed E-state index contributed by atoms with van der Waals surface area (Å²) in [7, 11) is 3.54. The standard InChI is InChI=1S/C13H15NOS/c1-14(2)13(15)10-6-7-11-9(8-10)4-3-5-12(11)16/h6-8H,3-5H2,1-2H3. The van der Waals surface area contributed by atoms with Crippen LogP contribution in [0.4, 0.5) is 0 Å². The maximum atomic E-state index is 11.8. The first-order chi connectivity index (χ1) is 7.59. The van der Waals surface area contributed by atoms with E-state index in [1.165, 1.54) is 5.56 Å². The second-order valence-corrected chi connectivity index (χ2v) is 4.84. The average molecular weight is 233 g/mol. The van der Waals surface area contributed by atoms with Crippen molar-refractivity contribution in [1.82, 2.24) is 4.90 Å². The molecule has 2 rings (SSSR count). The zero-order chi connectivity index (χ0) is 11.7. The van der Waals surface area contributed by atoms with E-state index in [-0.39, 0.29) is 5.91 Å². The van der Waals surface area contributed by atoms with Gasteiger partial charge in [0.25, 0.3) is 5.91 Å². The monoisotopic (exact) mass is 233 g/mol. The van der Waals surface area contributed by atoms with Crippen molar-refractivity contribution in [1.29, 1.82) is 0 Å². The third-order valence-corrected chi connectivity index (χ3v) is 3.33. The molecule has 1 aromatic carbocycles. The van der Waals surface area contributed by atoms with Gasteiger partial charge < -0.3 is 4.90 Å². The molecule has 1 amide bonds. The smallest absolute Gasteiger partial charge is 0.253 e. The lowest BCUT2D eigenvalue weighted by Gasteiger charge is -2.18. The minimum atomic E-state index is 0.0549. The molecule has 1 aliphatic rings. The minimum absolute atomic E-state index is 0.0549. The first-order valence-electron chi connectivity index (χ1n) is 5.47. The Labute approximate surface area is 101 Å². The number of aryl methyl sites for hydroxylation is 1. The van der Waals surface area contributed by atoms with Gasteiger partial charge in [-0.3, -0.25) is 4.79 Å². The lowest BCUT2D eigenvalue weighted by atomic mass is 9.90. The lowest BCUT2D eigenvalue weighted by molar-refractivity contribution is 0.0827. The first-order valence-corrected chi connectivity index (χ1v) is 5.88. The molecule has 16 heavy (non-hydrogen) atoms. The van der Waals surface area contributed by atoms with Gasteiger partial charge in [-0.25, -0.2) is 0 Å². The number of benzene rings is 1. The van der Waals surface area contributed by atoms with Gasteiger partial charge in [0.15, 0.2) is 0 Å². The van der Waals surface area contributed by atoms with E-state index < -0.39 is 0 Å². The number of nitrogens with zero attached hydrogens (tertiary/aromatic N) is 1. The number of hydrogen-bond donors (Lipinski definition) is 0. The van der Waals surface area contributed by atoms with Crippen LogP contribution in [0, 0.1) is 0 Å². The van der Waals surface area contributed by atoms with Gasteiger partial charge in [0.1, 0.15) is 0 Å². The maximum absolute atomic E-state index is 11.8. The second kappa shape index (κ2) is 4.34. The number of carbonyl (C=O) groups excluding carboxylic acids is 1. The van der Waals surface area contributed by atoms with E-state index in [1.807, 2.05) is 18.2 Å². The highest BCUT2D eigenvalue weighted by molar-refractivity contribution is 7.80. The lowest BCUT2D eigenvalue weighted by Crippen LogP contribution is -2.22. The van der Waals surface area contributed by atoms with E-state index in [0.717, 1.165) is 35.3 Å². The topological polar surface area (TPSA) is 20.3 Å². The van der Waals surface area contributed by atoms with Crippen molar-refractivity contribution < 1.29 is 4.79 Å². The molecule has 2 nitrogen and oxygen atoms in total. The van der Waals surface area contributed by atoms with Gasteiger partial charge in [-0.1, -0.05) is 18.3 Å². The molecule has 0 N–H and O–H groups in total. The van der Waals surface area contributed by atoms with Crippen LogP contribution in [0.25, 0.3) is 0 Å². The molecule has 1 aliphatic carbocycles. The predicted octanol–water partition coefficient (Wildman–Crippen LogP) is 2.44. The fourth-order valence-corrected chi connectivity index (χ4v) is 2.38. The van der Waals surface area contributed by atoms with Crippen molar-refractivity contribution in [3.05, 3.63) is 34.9 Å². The molecular formula is C13H15NOS. The van der Waals surface area contributed by atoms with Crippen LogP contribution in [0.1, 0.15) is 34.3 Å². The molecule has 0 aliphatic heterocycles. The molecule has 0 radical (unpaired) electrons. The van der Waals surface area contributed by atoms with Crippen molar-refractivity contribution in [2.24, 2.45) is 0 Å². The largest absolute Gasteiger partial charge is 0.345 e. The Balaban J connectivity index is 2.39. The van der Waals surface area contributed by atoms with Crippen LogP contribution in [0.5, 0.6) is 0 Å². The van der Waals surface area contributed by atoms with Gasteiger partial charge in [-0.15, -0.1) is 0 Å². The van der Waals surface area contributed by atoms with E-state index in [1.54, 1.807) is 19.0 Å². The molecule has 0 aromatic heterocycles. The molecule has 0 heterocycles. The second-order valence-electron chi connectivity index (χ2n) is 4.35. The Morgan fingerprint density at radius 1 is 1.31 bits per heavy atom. The molecule has 84 valence electrons. The Bertz CT molecular complexity index is 451. The molecule has 1 aromatic rings. The number of fused-ring (bicyclic) bond motifs is 1. The normalized spacial score (nSPS) is 14.5. The van der Waals surface area contributed by atoms with Crippen LogP contribution in [0.3, 0.4) is 0 Å². The van der Waals surface area contributed by atoms with Crippen molar-refractivity contribution in [3.63, 3.8) is 0 Å². The van der Waals surface area contributed by atoms with E-state index in [0.29, 0.717) is 0 Å². The average Bonchev–Trinajstić information content (AvgIpc) is 2.28. The van der Waals surface area contributed by atoms with Crippen molar-refractivity contribution in [3.8, 4) is 0 Å². The van der Waals surface area contributed by atoms with Crippen molar-refractivity contribution in [2.75, 3.05) is 14.1 Å². The van der Waals surface area contributed by atoms with Gasteiger partial charge in [-0.05, 0) is 42.5 Å². The Morgan fingerprint density at radius 2 is 2.06 bits per heavy atom. The van der Waals surface area contributed by atoms with Crippen molar-refractivity contribution in [2.45, 2.75) is 19.3 Å². The van der Waals surface area contributed by atoms with Crippen LogP contribution in [0.15, 0.2) is 18.2 Å². The fourth-order valence-electron chi connectivity index (χ4n) is 2.04. The number of amides is 1. The van der Waals surface area contributed by atoms with Crippen molar-refractivity contribution >= 4 is 23.0 Å². The molecule has 0 spiro atoms. The quantitative estimate of drug-likeness (QED) is 0.694. The Hall–Kier alpha value is -1.22. The van der Waals surface area contributed by atoms with Crippen LogP contribution < -0.4 is 0 Å². The highest BCUT2D eigenvalue weighted by atomic mass is 32.1. The summed E-state index contributed by atoms with van der Waals surface area (Å²) < 4.78 is 0. The molecule has 0 bridgehead atoms. The van der Waals surface area contributed by atoms with E-state index >= 15 is 0 Å². The fraction of sp³-hybridized carbons (Fsp3) is 0.385. The summed E-state index contributed by atoms with van der Waals surface area (Å²) in [6.45, 7) is 0. The van der Waals surface area contributed by atoms with Crippen LogP contribution in [-0.4, -0.2) is 29.8 Å². The first kappa shape index (κ1) is 11.3. The SMILES string of the molecule is CN(C)C(=O)c1ccc2c(c1)CCCC2=S. The molecule has 0 saturated carbocycles. The molecule has 0 atom stereocenters. The number of thiocarbonyl (C=S) groups is 1. The summed E-state index contributed by atoms with van der Waals surface area (Å²) in [5.41, 5.74) is 3.15. The zero-order valence-corrected chi connectivity index (χ0v) is 10.4. The maximum Gasteiger partial charge on any atom is 0.253 e. The van der Waals surface area contributed by atoms with Gasteiger partial charge in [0.05, 0.1) is 0 Å². The summed E-state index contributed by atoms with van der Waals surface area (Å²) >= 11 is 5.33. The predicted molar refractivity (Wildman–Crippen MR) is 69.1 cm³/mol. The van der Waals surface area contributed by atoms with Crippen LogP contribution >= 0.6 is 12.2 Å². The van der Waals surface area contributed by atoms with Crippen LogP contribution in [-0.2, 0) is 6.42 Å². The van der Waals surface area contributed by atoms with Gasteiger partial charge >= 0.3 is 0 Å². The highest BCUT2D eigenvalue weighted by Gasteiger charge is 2.16. The van der Waals surface area contributed by atoms with Crippen LogP contribution in [0.2, 0.25) is 0 Å². The molecule has 0 unspecified atom stereocenters. The number of carbonyl (C=O) groups is 1. The van der Waals surface area contributed by atoms with E-state index in [4.69, 9.17) is 12.2 Å². The molecule has 3 heteroatoms. The summed E-state index contributed by atoms with van der Waals surface area (Å²) in [5, 5.41) is 0. The number of hydrogen-bond acceptors (Lipinski definition) is 2. The van der Waals surface area contributed by atoms with Gasteiger partial charge in [0.2, 0.25) is 0 Å². The molecule has 0 saturated heterocycles. The molecular weight excluding hydrogens is 218 g/mol. The number of rotatable bonds is 1. The summed E-state index contributed by atoms with van der Waals surface area (Å²) in [4.78, 5) is 14.4. The molecule has 0 fully saturated rings. The van der Waals surface area contributed by atoms with Gasteiger partial charge in [0, 0.05) is 24.5 Å².